The molecule has 0 spiro atoms. The number of nitrogens with zero attached hydrogens (tertiary/aromatic N) is 1. The maximum Gasteiger partial charge on any atom is 0.435 e. The largest absolute Gasteiger partial charge is 0.481 e. The Morgan fingerprint density at radius 3 is 2.02 bits per heavy atom. The number of carboxylic acids is 1. The van der Waals surface area contributed by atoms with Crippen molar-refractivity contribution in [1.82, 2.24) is 4.90 Å². The number of sulfone groups is 1. The first-order valence-corrected chi connectivity index (χ1v) is 16.1. The number of likely N-dealkylation sites (tertiary alicyclic amines) is 1. The molecule has 1 aliphatic heterocycles. The van der Waals surface area contributed by atoms with Crippen molar-refractivity contribution in [1.29, 1.82) is 0 Å². The Morgan fingerprint density at radius 1 is 0.911 bits per heavy atom. The van der Waals surface area contributed by atoms with E-state index >= 15 is 4.39 Å². The van der Waals surface area contributed by atoms with Crippen LogP contribution in [0.1, 0.15) is 62.1 Å². The van der Waals surface area contributed by atoms with Gasteiger partial charge in [0.15, 0.2) is 9.84 Å². The van der Waals surface area contributed by atoms with Gasteiger partial charge in [0.2, 0.25) is 5.91 Å². The lowest BCUT2D eigenvalue weighted by Crippen LogP contribution is -2.55. The number of aryl methyl sites for hydroxylation is 1. The number of aliphatic carboxylic acids is 1. The highest BCUT2D eigenvalue weighted by molar-refractivity contribution is 7.92. The summed E-state index contributed by atoms with van der Waals surface area (Å²) in [6.45, 7) is 1.59. The Balaban J connectivity index is 1.64. The minimum absolute atomic E-state index is 0.0897. The minimum atomic E-state index is -6.35. The van der Waals surface area contributed by atoms with E-state index in [0.717, 1.165) is 6.07 Å². The van der Waals surface area contributed by atoms with Gasteiger partial charge in [-0.2, -0.15) is 26.3 Å². The quantitative estimate of drug-likeness (QED) is 0.339. The molecule has 2 aromatic rings. The zero-order valence-electron chi connectivity index (χ0n) is 23.8. The third kappa shape index (κ3) is 5.01. The molecule has 1 amide bonds. The second kappa shape index (κ2) is 10.9. The molecule has 0 aromatic heterocycles. The van der Waals surface area contributed by atoms with E-state index in [1.54, 1.807) is 6.92 Å². The first-order valence-electron chi connectivity index (χ1n) is 14.2. The summed E-state index contributed by atoms with van der Waals surface area (Å²) >= 11 is 5.96. The van der Waals surface area contributed by atoms with Gasteiger partial charge in [0.25, 0.3) is 0 Å². The van der Waals surface area contributed by atoms with Crippen molar-refractivity contribution < 1.29 is 53.8 Å². The molecule has 2 atom stereocenters. The molecular weight excluding hydrogens is 655 g/mol. The predicted octanol–water partition coefficient (Wildman–Crippen LogP) is 7.13. The summed E-state index contributed by atoms with van der Waals surface area (Å²) in [7, 11) is -4.50. The predicted molar refractivity (Wildman–Crippen MR) is 148 cm³/mol. The lowest BCUT2D eigenvalue weighted by molar-refractivity contribution is -0.348. The fourth-order valence-electron chi connectivity index (χ4n) is 7.36. The zero-order chi connectivity index (χ0) is 33.4. The van der Waals surface area contributed by atoms with E-state index in [-0.39, 0.29) is 72.5 Å². The molecule has 0 bridgehead atoms. The number of benzene rings is 2. The van der Waals surface area contributed by atoms with Gasteiger partial charge in [-0.25, -0.2) is 12.8 Å². The van der Waals surface area contributed by atoms with E-state index in [2.05, 4.69) is 0 Å². The molecular formula is C30H29ClF7NO5S. The third-order valence-corrected chi connectivity index (χ3v) is 12.7. The van der Waals surface area contributed by atoms with Gasteiger partial charge in [-0.3, -0.25) is 9.59 Å². The van der Waals surface area contributed by atoms with Crippen molar-refractivity contribution in [3.63, 3.8) is 0 Å². The van der Waals surface area contributed by atoms with Gasteiger partial charge in [-0.05, 0) is 80.3 Å². The first kappa shape index (κ1) is 33.5. The Morgan fingerprint density at radius 2 is 1.49 bits per heavy atom. The van der Waals surface area contributed by atoms with Gasteiger partial charge in [0.1, 0.15) is 4.75 Å². The average molecular weight is 684 g/mol. The smallest absolute Gasteiger partial charge is 0.435 e. The monoisotopic (exact) mass is 683 g/mol. The number of rotatable bonds is 5. The Bertz CT molecular complexity index is 1600. The first-order chi connectivity index (χ1) is 20.7. The van der Waals surface area contributed by atoms with Gasteiger partial charge in [0.05, 0.1) is 16.9 Å². The summed E-state index contributed by atoms with van der Waals surface area (Å²) in [4.78, 5) is 26.8. The van der Waals surface area contributed by atoms with E-state index in [4.69, 9.17) is 11.6 Å². The van der Waals surface area contributed by atoms with Gasteiger partial charge >= 0.3 is 24.0 Å². The molecule has 1 N–H and O–H groups in total. The summed E-state index contributed by atoms with van der Waals surface area (Å²) < 4.78 is 124. The third-order valence-electron chi connectivity index (χ3n) is 9.88. The number of halogens is 8. The number of carboxylic acid groups (broad SMARTS) is 1. The Labute approximate surface area is 259 Å². The number of alkyl halides is 7. The summed E-state index contributed by atoms with van der Waals surface area (Å²) in [6, 6.07) is 5.59. The summed E-state index contributed by atoms with van der Waals surface area (Å²) in [5.41, 5.74) is -8.72. The average Bonchev–Trinajstić information content (AvgIpc) is 3.37. The van der Waals surface area contributed by atoms with Gasteiger partial charge < -0.3 is 10.0 Å². The molecule has 1 heterocycles. The molecule has 2 aliphatic carbocycles. The van der Waals surface area contributed by atoms with E-state index in [0.29, 0.717) is 12.1 Å². The molecule has 2 unspecified atom stereocenters. The van der Waals surface area contributed by atoms with Crippen LogP contribution in [-0.2, 0) is 36.3 Å². The zero-order valence-corrected chi connectivity index (χ0v) is 25.4. The highest BCUT2D eigenvalue weighted by atomic mass is 35.5. The van der Waals surface area contributed by atoms with Crippen LogP contribution in [0.15, 0.2) is 47.4 Å². The molecule has 5 rings (SSSR count). The lowest BCUT2D eigenvalue weighted by atomic mass is 9.70. The topological polar surface area (TPSA) is 91.8 Å². The second-order valence-corrected chi connectivity index (χ2v) is 15.0. The van der Waals surface area contributed by atoms with E-state index in [9.17, 15) is 49.5 Å². The summed E-state index contributed by atoms with van der Waals surface area (Å²) in [6.07, 6.45) is -12.4. The lowest BCUT2D eigenvalue weighted by Gasteiger charge is -2.45. The van der Waals surface area contributed by atoms with Crippen LogP contribution in [0.4, 0.5) is 30.7 Å². The summed E-state index contributed by atoms with van der Waals surface area (Å²) in [5, 5.41) is 9.61. The van der Waals surface area contributed by atoms with Gasteiger partial charge in [-0.1, -0.05) is 36.7 Å². The van der Waals surface area contributed by atoms with Crippen LogP contribution in [0.2, 0.25) is 5.02 Å². The van der Waals surface area contributed by atoms with Gasteiger partial charge in [0, 0.05) is 22.5 Å². The van der Waals surface area contributed by atoms with E-state index < -0.39 is 67.4 Å². The molecule has 1 saturated heterocycles. The highest BCUT2D eigenvalue weighted by Gasteiger charge is 2.74. The second-order valence-electron chi connectivity index (χ2n) is 12.3. The molecule has 15 heteroatoms. The molecule has 1 saturated carbocycles. The van der Waals surface area contributed by atoms with Crippen LogP contribution >= 0.6 is 11.6 Å². The number of fused-ring (bicyclic) bond motifs is 3. The van der Waals surface area contributed by atoms with E-state index in [1.165, 1.54) is 29.2 Å². The highest BCUT2D eigenvalue weighted by Crippen LogP contribution is 2.57. The number of carbonyl (C=O) groups is 2. The summed E-state index contributed by atoms with van der Waals surface area (Å²) in [5.74, 6) is -2.00. The van der Waals surface area contributed by atoms with Crippen LogP contribution in [0.3, 0.4) is 0 Å². The van der Waals surface area contributed by atoms with Crippen LogP contribution in [0.5, 0.6) is 0 Å². The Hall–Kier alpha value is -2.87. The molecule has 2 aromatic carbocycles. The molecule has 246 valence electrons. The molecule has 2 fully saturated rings. The maximum absolute atomic E-state index is 15.0. The van der Waals surface area contributed by atoms with Crippen molar-refractivity contribution in [2.45, 2.75) is 85.6 Å². The molecule has 0 radical (unpaired) electrons. The molecule has 3 aliphatic rings. The number of carbonyl (C=O) groups excluding carboxylic acids is 1. The fourth-order valence-corrected chi connectivity index (χ4v) is 9.85. The number of hydrogen-bond donors (Lipinski definition) is 1. The van der Waals surface area contributed by atoms with Crippen LogP contribution in [0, 0.1) is 11.3 Å². The van der Waals surface area contributed by atoms with Crippen molar-refractivity contribution in [3.8, 4) is 0 Å². The van der Waals surface area contributed by atoms with E-state index in [1.807, 2.05) is 0 Å². The molecule has 6 nitrogen and oxygen atoms in total. The van der Waals surface area contributed by atoms with Crippen LogP contribution in [-0.4, -0.2) is 55.2 Å². The van der Waals surface area contributed by atoms with Crippen LogP contribution < -0.4 is 0 Å². The fraction of sp³-hybridized carbons (Fsp3) is 0.533. The van der Waals surface area contributed by atoms with Gasteiger partial charge in [-0.15, -0.1) is 0 Å². The number of amides is 1. The van der Waals surface area contributed by atoms with Crippen molar-refractivity contribution in [2.24, 2.45) is 11.3 Å². The van der Waals surface area contributed by atoms with Crippen molar-refractivity contribution in [3.05, 3.63) is 64.2 Å². The maximum atomic E-state index is 15.0. The van der Waals surface area contributed by atoms with Crippen molar-refractivity contribution in [2.75, 3.05) is 6.54 Å². The SMILES string of the molecule is C[C@]1(C(=O)N2CCC3(S(=O)(=O)c4ccc(Cl)cc4)c4ccc(C(F)(C(F)(F)F)C(F)(F)F)cc4CCC23)CC[C@H](C(=O)O)CC1. The van der Waals surface area contributed by atoms with Crippen LogP contribution in [0.25, 0.3) is 0 Å². The normalized spacial score (nSPS) is 27.5. The minimum Gasteiger partial charge on any atom is -0.481 e. The molecule has 45 heavy (non-hydrogen) atoms. The Kier molecular flexibility index (Phi) is 8.08. The number of hydrogen-bond acceptors (Lipinski definition) is 4. The van der Waals surface area contributed by atoms with Crippen molar-refractivity contribution >= 4 is 33.3 Å². The standard InChI is InChI=1S/C30H29ClF7NO5S/c1-26(12-10-17(11-13-26)24(40)41)25(42)39-15-14-27(45(43,44)21-6-4-20(31)5-7-21)22-8-3-19(16-18(22)2-9-23(27)39)28(32,29(33,34)35)30(36,37)38/h3-8,16-17,23H,2,9-15H2,1H3,(H,40,41)/t17-,23?,26-,27?.